The van der Waals surface area contributed by atoms with E-state index in [1.165, 1.54) is 0 Å². The first-order chi connectivity index (χ1) is 11.1. The average molecular weight is 332 g/mol. The molecule has 0 saturated heterocycles. The Morgan fingerprint density at radius 3 is 1.75 bits per heavy atom. The number of ether oxygens (including phenoxy) is 2. The number of carbonyl (C=O) groups excluding carboxylic acids is 2. The minimum Gasteiger partial charge on any atom is -0.456 e. The lowest BCUT2D eigenvalue weighted by Gasteiger charge is -2.64. The summed E-state index contributed by atoms with van der Waals surface area (Å²) in [5.74, 6) is -0.216. The van der Waals surface area contributed by atoms with Crippen molar-refractivity contribution in [3.8, 4) is 0 Å². The Labute approximate surface area is 144 Å². The zero-order valence-corrected chi connectivity index (χ0v) is 15.1. The molecule has 0 N–H and O–H groups in total. The van der Waals surface area contributed by atoms with E-state index in [-0.39, 0.29) is 17.4 Å². The SMILES string of the molecule is C=C(C)C(=O)OC12CC3CC(CC)(C1)CC(OC(=O)C(=C)C)(C3)C2. The maximum absolute atomic E-state index is 12.2. The Balaban J connectivity index is 1.93. The van der Waals surface area contributed by atoms with Crippen molar-refractivity contribution in [2.75, 3.05) is 0 Å². The van der Waals surface area contributed by atoms with Crippen LogP contribution in [-0.2, 0) is 19.1 Å². The van der Waals surface area contributed by atoms with Crippen LogP contribution in [0.15, 0.2) is 24.3 Å². The molecule has 4 bridgehead atoms. The Morgan fingerprint density at radius 2 is 1.38 bits per heavy atom. The van der Waals surface area contributed by atoms with Gasteiger partial charge in [-0.2, -0.15) is 0 Å². The zero-order chi connectivity index (χ0) is 17.8. The second-order valence-electron chi connectivity index (χ2n) is 8.57. The minimum atomic E-state index is -0.513. The van der Waals surface area contributed by atoms with E-state index in [4.69, 9.17) is 9.47 Å². The van der Waals surface area contributed by atoms with Gasteiger partial charge in [-0.3, -0.25) is 0 Å². The second-order valence-corrected chi connectivity index (χ2v) is 8.57. The van der Waals surface area contributed by atoms with Crippen molar-refractivity contribution in [1.29, 1.82) is 0 Å². The summed E-state index contributed by atoms with van der Waals surface area (Å²) in [7, 11) is 0. The van der Waals surface area contributed by atoms with E-state index in [0.717, 1.165) is 38.5 Å². The highest BCUT2D eigenvalue weighted by atomic mass is 16.6. The van der Waals surface area contributed by atoms with Crippen molar-refractivity contribution in [1.82, 2.24) is 0 Å². The van der Waals surface area contributed by atoms with Gasteiger partial charge in [0.05, 0.1) is 0 Å². The summed E-state index contributed by atoms with van der Waals surface area (Å²) < 4.78 is 11.9. The Hall–Kier alpha value is -1.58. The highest BCUT2D eigenvalue weighted by Gasteiger charge is 2.66. The van der Waals surface area contributed by atoms with Crippen LogP contribution in [0.4, 0.5) is 0 Å². The topological polar surface area (TPSA) is 52.6 Å². The molecule has 4 saturated carbocycles. The number of hydrogen-bond donors (Lipinski definition) is 0. The quantitative estimate of drug-likeness (QED) is 0.562. The van der Waals surface area contributed by atoms with Crippen molar-refractivity contribution in [3.05, 3.63) is 24.3 Å². The van der Waals surface area contributed by atoms with Crippen LogP contribution in [0.2, 0.25) is 0 Å². The predicted molar refractivity (Wildman–Crippen MR) is 91.2 cm³/mol. The Kier molecular flexibility index (Phi) is 3.93. The molecule has 0 aromatic rings. The van der Waals surface area contributed by atoms with Crippen LogP contribution in [0.1, 0.15) is 65.7 Å². The number of rotatable bonds is 5. The summed E-state index contributed by atoms with van der Waals surface area (Å²) >= 11 is 0. The van der Waals surface area contributed by atoms with Gasteiger partial charge < -0.3 is 9.47 Å². The molecule has 0 spiro atoms. The lowest BCUT2D eigenvalue weighted by Crippen LogP contribution is -2.65. The van der Waals surface area contributed by atoms with Crippen molar-refractivity contribution in [3.63, 3.8) is 0 Å². The predicted octanol–water partition coefficient (Wildman–Crippen LogP) is 4.10. The van der Waals surface area contributed by atoms with E-state index in [9.17, 15) is 9.59 Å². The average Bonchev–Trinajstić information content (AvgIpc) is 2.44. The zero-order valence-electron chi connectivity index (χ0n) is 15.1. The van der Waals surface area contributed by atoms with Gasteiger partial charge in [0.25, 0.3) is 0 Å². The van der Waals surface area contributed by atoms with E-state index < -0.39 is 11.2 Å². The smallest absolute Gasteiger partial charge is 0.333 e. The Bertz CT molecular complexity index is 573. The normalized spacial score (nSPS) is 39.4. The van der Waals surface area contributed by atoms with Gasteiger partial charge >= 0.3 is 11.9 Å². The van der Waals surface area contributed by atoms with Crippen molar-refractivity contribution >= 4 is 11.9 Å². The van der Waals surface area contributed by atoms with Crippen molar-refractivity contribution in [2.24, 2.45) is 11.3 Å². The highest BCUT2D eigenvalue weighted by Crippen LogP contribution is 2.66. The van der Waals surface area contributed by atoms with Crippen LogP contribution in [0.25, 0.3) is 0 Å². The summed E-state index contributed by atoms with van der Waals surface area (Å²) in [6.07, 6.45) is 6.26. The standard InChI is InChI=1S/C20H28O4/c1-6-18-7-15-8-19(10-18,23-16(21)13(2)3)12-20(9-15,11-18)24-17(22)14(4)5/h15H,2,4,6-12H2,1,3,5H3. The van der Waals surface area contributed by atoms with E-state index in [1.54, 1.807) is 13.8 Å². The third kappa shape index (κ3) is 2.80. The maximum Gasteiger partial charge on any atom is 0.333 e. The molecule has 4 nitrogen and oxygen atoms in total. The third-order valence-corrected chi connectivity index (χ3v) is 6.15. The number of esters is 2. The Morgan fingerprint density at radius 1 is 0.917 bits per heavy atom. The summed E-state index contributed by atoms with van der Waals surface area (Å²) in [5.41, 5.74) is -0.0836. The first-order valence-corrected chi connectivity index (χ1v) is 8.90. The number of hydrogen-bond acceptors (Lipinski definition) is 4. The molecule has 0 aliphatic heterocycles. The van der Waals surface area contributed by atoms with Crippen LogP contribution in [0, 0.1) is 11.3 Å². The van der Waals surface area contributed by atoms with Crippen LogP contribution in [-0.4, -0.2) is 23.1 Å². The maximum atomic E-state index is 12.2. The molecule has 0 aromatic heterocycles. The van der Waals surface area contributed by atoms with Gasteiger partial charge in [0.15, 0.2) is 0 Å². The van der Waals surface area contributed by atoms with Gasteiger partial charge in [0, 0.05) is 17.6 Å². The summed E-state index contributed by atoms with van der Waals surface area (Å²) in [6, 6.07) is 0. The molecule has 0 aromatic carbocycles. The fourth-order valence-electron chi connectivity index (χ4n) is 5.65. The van der Waals surface area contributed by atoms with E-state index >= 15 is 0 Å². The van der Waals surface area contributed by atoms with Crippen LogP contribution in [0.5, 0.6) is 0 Å². The van der Waals surface area contributed by atoms with E-state index in [0.29, 0.717) is 23.5 Å². The van der Waals surface area contributed by atoms with Gasteiger partial charge in [-0.1, -0.05) is 26.5 Å². The molecule has 24 heavy (non-hydrogen) atoms. The molecule has 4 aliphatic carbocycles. The molecule has 4 aliphatic rings. The van der Waals surface area contributed by atoms with Gasteiger partial charge in [-0.25, -0.2) is 9.59 Å². The first-order valence-electron chi connectivity index (χ1n) is 8.90. The molecule has 132 valence electrons. The molecule has 0 amide bonds. The van der Waals surface area contributed by atoms with E-state index in [1.807, 2.05) is 0 Å². The van der Waals surface area contributed by atoms with Crippen molar-refractivity contribution < 1.29 is 19.1 Å². The molecule has 2 unspecified atom stereocenters. The van der Waals surface area contributed by atoms with Crippen molar-refractivity contribution in [2.45, 2.75) is 76.9 Å². The summed E-state index contributed by atoms with van der Waals surface area (Å²) in [4.78, 5) is 24.4. The minimum absolute atomic E-state index is 0.101. The molecule has 0 heterocycles. The van der Waals surface area contributed by atoms with Gasteiger partial charge in [-0.15, -0.1) is 0 Å². The van der Waals surface area contributed by atoms with Gasteiger partial charge in [-0.05, 0) is 57.3 Å². The summed E-state index contributed by atoms with van der Waals surface area (Å²) in [6.45, 7) is 13.0. The molecule has 4 fully saturated rings. The highest BCUT2D eigenvalue weighted by molar-refractivity contribution is 5.88. The van der Waals surface area contributed by atoms with Crippen LogP contribution >= 0.6 is 0 Å². The second kappa shape index (κ2) is 5.47. The molecular formula is C20H28O4. The lowest BCUT2D eigenvalue weighted by molar-refractivity contribution is -0.249. The third-order valence-electron chi connectivity index (χ3n) is 6.15. The largest absolute Gasteiger partial charge is 0.456 e. The first kappa shape index (κ1) is 17.2. The molecule has 0 radical (unpaired) electrons. The number of carbonyl (C=O) groups is 2. The molecule has 4 heteroatoms. The molecular weight excluding hydrogens is 304 g/mol. The van der Waals surface area contributed by atoms with Crippen LogP contribution < -0.4 is 0 Å². The van der Waals surface area contributed by atoms with E-state index in [2.05, 4.69) is 20.1 Å². The molecule has 4 rings (SSSR count). The monoisotopic (exact) mass is 332 g/mol. The van der Waals surface area contributed by atoms with Gasteiger partial charge in [0.1, 0.15) is 11.2 Å². The summed E-state index contributed by atoms with van der Waals surface area (Å²) in [5, 5.41) is 0. The van der Waals surface area contributed by atoms with Gasteiger partial charge in [0.2, 0.25) is 0 Å². The fourth-order valence-corrected chi connectivity index (χ4v) is 5.65. The van der Waals surface area contributed by atoms with Crippen LogP contribution in [0.3, 0.4) is 0 Å². The lowest BCUT2D eigenvalue weighted by atomic mass is 9.45. The molecule has 2 atom stereocenters. The fraction of sp³-hybridized carbons (Fsp3) is 0.700.